The van der Waals surface area contributed by atoms with Crippen molar-refractivity contribution >= 4 is 28.5 Å². The van der Waals surface area contributed by atoms with Crippen LogP contribution in [-0.4, -0.2) is 36.5 Å². The molecule has 4 rings (SSSR count). The van der Waals surface area contributed by atoms with Crippen LogP contribution in [0.3, 0.4) is 0 Å². The molecule has 0 aliphatic heterocycles. The molecule has 1 aliphatic rings. The maximum atomic E-state index is 12.8. The molecule has 0 unspecified atom stereocenters. The smallest absolute Gasteiger partial charge is 0.306 e. The van der Waals surface area contributed by atoms with Gasteiger partial charge in [-0.15, -0.1) is 0 Å². The van der Waals surface area contributed by atoms with E-state index in [1.807, 2.05) is 13.8 Å². The van der Waals surface area contributed by atoms with Gasteiger partial charge in [-0.2, -0.15) is 0 Å². The van der Waals surface area contributed by atoms with Gasteiger partial charge in [0, 0.05) is 11.6 Å². The summed E-state index contributed by atoms with van der Waals surface area (Å²) in [4.78, 5) is 23.6. The molecule has 0 spiro atoms. The Bertz CT molecular complexity index is 1190. The Morgan fingerprint density at radius 2 is 1.88 bits per heavy atom. The van der Waals surface area contributed by atoms with E-state index in [-0.39, 0.29) is 29.1 Å². The fourth-order valence-electron chi connectivity index (χ4n) is 3.69. The Morgan fingerprint density at radius 1 is 1.15 bits per heavy atom. The quantitative estimate of drug-likeness (QED) is 0.430. The fraction of sp³-hybridized carbons (Fsp3) is 0.360. The van der Waals surface area contributed by atoms with Crippen LogP contribution in [0, 0.1) is 5.92 Å². The first-order valence-electron chi connectivity index (χ1n) is 10.8. The van der Waals surface area contributed by atoms with Gasteiger partial charge in [-0.25, -0.2) is 0 Å². The minimum atomic E-state index is -0.764. The molecule has 8 heteroatoms. The SMILES string of the molecule is CC(C)Oc1ccc(Cl)c2oc(-c3ccc(OCCOC4CC(C(=O)O)C4)cc3)cc(=O)c12. The van der Waals surface area contributed by atoms with Gasteiger partial charge in [-0.3, -0.25) is 9.59 Å². The zero-order valence-corrected chi connectivity index (χ0v) is 19.1. The van der Waals surface area contributed by atoms with Crippen molar-refractivity contribution in [3.63, 3.8) is 0 Å². The molecule has 33 heavy (non-hydrogen) atoms. The Hall–Kier alpha value is -3.03. The first kappa shape index (κ1) is 23.1. The highest BCUT2D eigenvalue weighted by molar-refractivity contribution is 6.35. The topological polar surface area (TPSA) is 95.2 Å². The molecule has 0 bridgehead atoms. The molecule has 0 saturated heterocycles. The molecule has 174 valence electrons. The van der Waals surface area contributed by atoms with E-state index >= 15 is 0 Å². The van der Waals surface area contributed by atoms with E-state index in [1.165, 1.54) is 6.07 Å². The summed E-state index contributed by atoms with van der Waals surface area (Å²) < 4.78 is 23.0. The summed E-state index contributed by atoms with van der Waals surface area (Å²) in [6.07, 6.45) is 1.000. The van der Waals surface area contributed by atoms with Crippen molar-refractivity contribution in [3.8, 4) is 22.8 Å². The lowest BCUT2D eigenvalue weighted by Gasteiger charge is -2.31. The van der Waals surface area contributed by atoms with Gasteiger partial charge in [0.25, 0.3) is 0 Å². The van der Waals surface area contributed by atoms with Crippen LogP contribution in [0.5, 0.6) is 11.5 Å². The Balaban J connectivity index is 1.41. The molecule has 1 fully saturated rings. The predicted octanol–water partition coefficient (Wildman–Crippen LogP) is 5.16. The van der Waals surface area contributed by atoms with Crippen molar-refractivity contribution in [1.82, 2.24) is 0 Å². The lowest BCUT2D eigenvalue weighted by atomic mass is 9.82. The third-order valence-electron chi connectivity index (χ3n) is 5.44. The van der Waals surface area contributed by atoms with Crippen molar-refractivity contribution in [2.24, 2.45) is 5.92 Å². The highest BCUT2D eigenvalue weighted by atomic mass is 35.5. The van der Waals surface area contributed by atoms with Crippen LogP contribution in [0.15, 0.2) is 51.7 Å². The maximum Gasteiger partial charge on any atom is 0.306 e. The molecule has 0 atom stereocenters. The van der Waals surface area contributed by atoms with Crippen LogP contribution in [0.1, 0.15) is 26.7 Å². The Morgan fingerprint density at radius 3 is 2.55 bits per heavy atom. The van der Waals surface area contributed by atoms with Crippen LogP contribution < -0.4 is 14.9 Å². The number of aliphatic carboxylic acids is 1. The first-order chi connectivity index (χ1) is 15.8. The van der Waals surface area contributed by atoms with Gasteiger partial charge >= 0.3 is 5.97 Å². The molecule has 1 N–H and O–H groups in total. The number of carboxylic acid groups (broad SMARTS) is 1. The largest absolute Gasteiger partial charge is 0.491 e. The molecule has 3 aromatic rings. The van der Waals surface area contributed by atoms with Crippen molar-refractivity contribution in [2.75, 3.05) is 13.2 Å². The number of ether oxygens (including phenoxy) is 3. The zero-order valence-electron chi connectivity index (χ0n) is 18.4. The number of hydrogen-bond acceptors (Lipinski definition) is 6. The third kappa shape index (κ3) is 5.31. The second-order valence-electron chi connectivity index (χ2n) is 8.26. The van der Waals surface area contributed by atoms with Gasteiger partial charge in [0.05, 0.1) is 29.8 Å². The molecular weight excluding hydrogens is 448 g/mol. The molecule has 2 aromatic carbocycles. The summed E-state index contributed by atoms with van der Waals surface area (Å²) in [7, 11) is 0. The molecule has 1 aromatic heterocycles. The number of fused-ring (bicyclic) bond motifs is 1. The highest BCUT2D eigenvalue weighted by Gasteiger charge is 2.34. The van der Waals surface area contributed by atoms with Crippen LogP contribution in [0.4, 0.5) is 0 Å². The fourth-order valence-corrected chi connectivity index (χ4v) is 3.89. The molecular formula is C25H25ClO7. The number of carboxylic acids is 1. The summed E-state index contributed by atoms with van der Waals surface area (Å²) in [6, 6.07) is 11.9. The zero-order chi connectivity index (χ0) is 23.5. The van der Waals surface area contributed by atoms with E-state index in [2.05, 4.69) is 0 Å². The van der Waals surface area contributed by atoms with Crippen LogP contribution in [-0.2, 0) is 9.53 Å². The average molecular weight is 473 g/mol. The number of benzene rings is 2. The summed E-state index contributed by atoms with van der Waals surface area (Å²) in [5.41, 5.74) is 0.761. The summed E-state index contributed by atoms with van der Waals surface area (Å²) in [5.74, 6) is 0.427. The van der Waals surface area contributed by atoms with Crippen molar-refractivity contribution in [3.05, 3.63) is 57.7 Å². The number of halogens is 1. The Labute approximate surface area is 195 Å². The van der Waals surface area contributed by atoms with Crippen molar-refractivity contribution in [2.45, 2.75) is 38.9 Å². The van der Waals surface area contributed by atoms with E-state index in [1.54, 1.807) is 36.4 Å². The highest BCUT2D eigenvalue weighted by Crippen LogP contribution is 2.33. The van der Waals surface area contributed by atoms with Gasteiger partial charge < -0.3 is 23.7 Å². The molecule has 1 saturated carbocycles. The standard InChI is InChI=1S/C25H25ClO7/c1-14(2)32-21-8-7-19(26)24-23(21)20(27)13-22(33-24)15-3-5-17(6-4-15)30-9-10-31-18-11-16(12-18)25(28)29/h3-8,13-14,16,18H,9-12H2,1-2H3,(H,28,29). The number of rotatable bonds is 9. The summed E-state index contributed by atoms with van der Waals surface area (Å²) in [6.45, 7) is 4.51. The summed E-state index contributed by atoms with van der Waals surface area (Å²) in [5, 5.41) is 9.54. The van der Waals surface area contributed by atoms with Gasteiger partial charge in [0.1, 0.15) is 29.3 Å². The number of carbonyl (C=O) groups is 1. The van der Waals surface area contributed by atoms with Crippen LogP contribution >= 0.6 is 11.6 Å². The molecule has 0 radical (unpaired) electrons. The molecule has 1 aliphatic carbocycles. The molecule has 1 heterocycles. The lowest BCUT2D eigenvalue weighted by molar-refractivity contribution is -0.151. The van der Waals surface area contributed by atoms with E-state index in [9.17, 15) is 9.59 Å². The van der Waals surface area contributed by atoms with E-state index in [0.717, 1.165) is 0 Å². The van der Waals surface area contributed by atoms with Gasteiger partial charge in [-0.05, 0) is 63.1 Å². The normalized spacial score (nSPS) is 17.7. The predicted molar refractivity (Wildman–Crippen MR) is 124 cm³/mol. The molecule has 7 nitrogen and oxygen atoms in total. The minimum absolute atomic E-state index is 0.00819. The minimum Gasteiger partial charge on any atom is -0.491 e. The van der Waals surface area contributed by atoms with Crippen molar-refractivity contribution < 1.29 is 28.5 Å². The van der Waals surface area contributed by atoms with Gasteiger partial charge in [0.15, 0.2) is 11.0 Å². The maximum absolute atomic E-state index is 12.8. The second kappa shape index (κ2) is 9.85. The second-order valence-corrected chi connectivity index (χ2v) is 8.67. The van der Waals surface area contributed by atoms with E-state index in [4.69, 9.17) is 35.3 Å². The first-order valence-corrected chi connectivity index (χ1v) is 11.2. The molecule has 0 amide bonds. The van der Waals surface area contributed by atoms with Gasteiger partial charge in [-0.1, -0.05) is 11.6 Å². The van der Waals surface area contributed by atoms with Crippen LogP contribution in [0.2, 0.25) is 5.02 Å². The average Bonchev–Trinajstić information content (AvgIpc) is 2.74. The monoisotopic (exact) mass is 472 g/mol. The lowest BCUT2D eigenvalue weighted by Crippen LogP contribution is -2.36. The number of hydrogen-bond donors (Lipinski definition) is 1. The Kier molecular flexibility index (Phi) is 6.91. The van der Waals surface area contributed by atoms with Crippen LogP contribution in [0.25, 0.3) is 22.3 Å². The van der Waals surface area contributed by atoms with E-state index < -0.39 is 5.97 Å². The third-order valence-corrected chi connectivity index (χ3v) is 5.74. The van der Waals surface area contributed by atoms with E-state index in [0.29, 0.717) is 59.3 Å². The van der Waals surface area contributed by atoms with Crippen molar-refractivity contribution in [1.29, 1.82) is 0 Å². The summed E-state index contributed by atoms with van der Waals surface area (Å²) >= 11 is 6.30. The van der Waals surface area contributed by atoms with Gasteiger partial charge in [0.2, 0.25) is 0 Å².